The van der Waals surface area contributed by atoms with Crippen LogP contribution in [0, 0.1) is 6.92 Å². The molecular formula is C19H30N4O. The van der Waals surface area contributed by atoms with Gasteiger partial charge in [0, 0.05) is 38.9 Å². The Morgan fingerprint density at radius 3 is 2.50 bits per heavy atom. The van der Waals surface area contributed by atoms with E-state index >= 15 is 0 Å². The van der Waals surface area contributed by atoms with Crippen molar-refractivity contribution in [3.8, 4) is 0 Å². The number of pyridine rings is 1. The van der Waals surface area contributed by atoms with Gasteiger partial charge in [0.15, 0.2) is 0 Å². The van der Waals surface area contributed by atoms with Crippen LogP contribution in [0.3, 0.4) is 0 Å². The molecule has 3 rings (SSSR count). The molecule has 0 aromatic carbocycles. The second kappa shape index (κ2) is 8.08. The van der Waals surface area contributed by atoms with Gasteiger partial charge in [-0.15, -0.1) is 0 Å². The number of likely N-dealkylation sites (tertiary alicyclic amines) is 1. The molecule has 0 bridgehead atoms. The van der Waals surface area contributed by atoms with Gasteiger partial charge in [0.2, 0.25) is 5.91 Å². The number of rotatable bonds is 5. The lowest BCUT2D eigenvalue weighted by Gasteiger charge is -2.38. The van der Waals surface area contributed by atoms with Crippen LogP contribution in [0.1, 0.15) is 37.4 Å². The molecule has 132 valence electrons. The highest BCUT2D eigenvalue weighted by Gasteiger charge is 2.31. The Morgan fingerprint density at radius 2 is 1.88 bits per heavy atom. The minimum Gasteiger partial charge on any atom is -0.339 e. The highest BCUT2D eigenvalue weighted by Crippen LogP contribution is 2.18. The van der Waals surface area contributed by atoms with Crippen molar-refractivity contribution in [2.24, 2.45) is 0 Å². The molecular weight excluding hydrogens is 300 g/mol. The normalized spacial score (nSPS) is 21.2. The molecule has 24 heavy (non-hydrogen) atoms. The third-order valence-corrected chi connectivity index (χ3v) is 5.43. The van der Waals surface area contributed by atoms with Gasteiger partial charge in [-0.1, -0.05) is 13.0 Å². The van der Waals surface area contributed by atoms with Gasteiger partial charge in [-0.25, -0.2) is 0 Å². The maximum Gasteiger partial charge on any atom is 0.240 e. The lowest BCUT2D eigenvalue weighted by Crippen LogP contribution is -2.54. The topological polar surface area (TPSA) is 39.7 Å². The van der Waals surface area contributed by atoms with E-state index in [0.29, 0.717) is 5.91 Å². The Labute approximate surface area is 145 Å². The van der Waals surface area contributed by atoms with Crippen molar-refractivity contribution in [1.82, 2.24) is 19.7 Å². The third kappa shape index (κ3) is 3.95. The highest BCUT2D eigenvalue weighted by atomic mass is 16.2. The van der Waals surface area contributed by atoms with Gasteiger partial charge >= 0.3 is 0 Å². The molecule has 1 aromatic rings. The number of carbonyl (C=O) groups is 1. The first-order chi connectivity index (χ1) is 11.7. The van der Waals surface area contributed by atoms with Crippen molar-refractivity contribution < 1.29 is 4.79 Å². The van der Waals surface area contributed by atoms with Gasteiger partial charge in [0.05, 0.1) is 11.7 Å². The number of hydrogen-bond donors (Lipinski definition) is 0. The average molecular weight is 330 g/mol. The van der Waals surface area contributed by atoms with Crippen LogP contribution >= 0.6 is 0 Å². The van der Waals surface area contributed by atoms with E-state index in [1.807, 2.05) is 12.3 Å². The van der Waals surface area contributed by atoms with E-state index in [1.165, 1.54) is 18.4 Å². The first-order valence-electron chi connectivity index (χ1n) is 9.34. The zero-order valence-electron chi connectivity index (χ0n) is 15.1. The SMILES string of the molecule is CC[C@@H](C(=O)N1CCN(Cc2ncccc2C)CC1)N1CCCC1. The van der Waals surface area contributed by atoms with Crippen molar-refractivity contribution in [2.75, 3.05) is 39.3 Å². The number of amides is 1. The summed E-state index contributed by atoms with van der Waals surface area (Å²) in [6.45, 7) is 10.9. The number of hydrogen-bond acceptors (Lipinski definition) is 4. The van der Waals surface area contributed by atoms with Crippen LogP contribution in [0.15, 0.2) is 18.3 Å². The van der Waals surface area contributed by atoms with Gasteiger partial charge in [0.25, 0.3) is 0 Å². The van der Waals surface area contributed by atoms with Crippen LogP contribution in [0.25, 0.3) is 0 Å². The monoisotopic (exact) mass is 330 g/mol. The predicted molar refractivity (Wildman–Crippen MR) is 95.7 cm³/mol. The summed E-state index contributed by atoms with van der Waals surface area (Å²) in [6, 6.07) is 4.19. The zero-order chi connectivity index (χ0) is 16.9. The summed E-state index contributed by atoms with van der Waals surface area (Å²) in [5, 5.41) is 0. The summed E-state index contributed by atoms with van der Waals surface area (Å²) in [4.78, 5) is 24.3. The summed E-state index contributed by atoms with van der Waals surface area (Å²) in [7, 11) is 0. The first-order valence-corrected chi connectivity index (χ1v) is 9.34. The molecule has 5 heteroatoms. The molecule has 2 saturated heterocycles. The standard InChI is InChI=1S/C19H30N4O/c1-3-18(22-9-4-5-10-22)19(24)23-13-11-21(12-14-23)15-17-16(2)7-6-8-20-17/h6-8,18H,3-5,9-15H2,1-2H3/t18-/m0/s1. The van der Waals surface area contributed by atoms with Crippen molar-refractivity contribution in [1.29, 1.82) is 0 Å². The average Bonchev–Trinajstić information content (AvgIpc) is 3.12. The van der Waals surface area contributed by atoms with Gasteiger partial charge in [0.1, 0.15) is 0 Å². The molecule has 2 aliphatic heterocycles. The molecule has 0 aliphatic carbocycles. The Kier molecular flexibility index (Phi) is 5.85. The minimum absolute atomic E-state index is 0.0945. The Hall–Kier alpha value is -1.46. The summed E-state index contributed by atoms with van der Waals surface area (Å²) >= 11 is 0. The Bertz CT molecular complexity index is 548. The molecule has 2 aliphatic rings. The van der Waals surface area contributed by atoms with Crippen molar-refractivity contribution >= 4 is 5.91 Å². The molecule has 0 saturated carbocycles. The number of nitrogens with zero attached hydrogens (tertiary/aromatic N) is 4. The lowest BCUT2D eigenvalue weighted by molar-refractivity contribution is -0.138. The maximum absolute atomic E-state index is 12.9. The van der Waals surface area contributed by atoms with Crippen LogP contribution in [0.2, 0.25) is 0 Å². The number of piperazine rings is 1. The van der Waals surface area contributed by atoms with E-state index in [2.05, 4.69) is 39.6 Å². The molecule has 1 atom stereocenters. The fourth-order valence-electron chi connectivity index (χ4n) is 3.88. The smallest absolute Gasteiger partial charge is 0.240 e. The highest BCUT2D eigenvalue weighted by molar-refractivity contribution is 5.82. The van der Waals surface area contributed by atoms with Crippen LogP contribution in [-0.2, 0) is 11.3 Å². The summed E-state index contributed by atoms with van der Waals surface area (Å²) in [5.74, 6) is 0.341. The van der Waals surface area contributed by atoms with E-state index in [4.69, 9.17) is 0 Å². The van der Waals surface area contributed by atoms with Gasteiger partial charge in [-0.2, -0.15) is 0 Å². The van der Waals surface area contributed by atoms with Gasteiger partial charge in [-0.3, -0.25) is 19.6 Å². The number of aryl methyl sites for hydroxylation is 1. The van der Waals surface area contributed by atoms with Gasteiger partial charge in [-0.05, 0) is 50.9 Å². The lowest BCUT2D eigenvalue weighted by atomic mass is 10.1. The van der Waals surface area contributed by atoms with Crippen LogP contribution in [0.4, 0.5) is 0 Å². The van der Waals surface area contributed by atoms with Crippen molar-refractivity contribution in [3.05, 3.63) is 29.6 Å². The second-order valence-electron chi connectivity index (χ2n) is 7.04. The zero-order valence-corrected chi connectivity index (χ0v) is 15.1. The number of aromatic nitrogens is 1. The fraction of sp³-hybridized carbons (Fsp3) is 0.684. The van der Waals surface area contributed by atoms with E-state index in [9.17, 15) is 4.79 Å². The molecule has 2 fully saturated rings. The van der Waals surface area contributed by atoms with E-state index in [1.54, 1.807) is 0 Å². The molecule has 3 heterocycles. The molecule has 0 N–H and O–H groups in total. The second-order valence-corrected chi connectivity index (χ2v) is 7.04. The molecule has 0 unspecified atom stereocenters. The van der Waals surface area contributed by atoms with E-state index in [0.717, 1.165) is 57.9 Å². The summed E-state index contributed by atoms with van der Waals surface area (Å²) in [5.41, 5.74) is 2.40. The molecule has 0 spiro atoms. The van der Waals surface area contributed by atoms with E-state index < -0.39 is 0 Å². The molecule has 5 nitrogen and oxygen atoms in total. The number of carbonyl (C=O) groups excluding carboxylic acids is 1. The predicted octanol–water partition coefficient (Wildman–Crippen LogP) is 1.91. The summed E-state index contributed by atoms with van der Waals surface area (Å²) in [6.07, 6.45) is 5.26. The Morgan fingerprint density at radius 1 is 1.17 bits per heavy atom. The van der Waals surface area contributed by atoms with Gasteiger partial charge < -0.3 is 4.90 Å². The maximum atomic E-state index is 12.9. The first kappa shape index (κ1) is 17.4. The van der Waals surface area contributed by atoms with Crippen LogP contribution in [0.5, 0.6) is 0 Å². The molecule has 0 radical (unpaired) electrons. The fourth-order valence-corrected chi connectivity index (χ4v) is 3.88. The quantitative estimate of drug-likeness (QED) is 0.827. The van der Waals surface area contributed by atoms with Crippen molar-refractivity contribution in [2.45, 2.75) is 45.7 Å². The van der Waals surface area contributed by atoms with Crippen LogP contribution < -0.4 is 0 Å². The van der Waals surface area contributed by atoms with Crippen molar-refractivity contribution in [3.63, 3.8) is 0 Å². The third-order valence-electron chi connectivity index (χ3n) is 5.43. The largest absolute Gasteiger partial charge is 0.339 e. The molecule has 1 amide bonds. The minimum atomic E-state index is 0.0945. The van der Waals surface area contributed by atoms with E-state index in [-0.39, 0.29) is 6.04 Å². The van der Waals surface area contributed by atoms with Crippen LogP contribution in [-0.4, -0.2) is 70.9 Å². The Balaban J connectivity index is 1.52. The summed E-state index contributed by atoms with van der Waals surface area (Å²) < 4.78 is 0. The molecule has 1 aromatic heterocycles.